The van der Waals surface area contributed by atoms with Crippen LogP contribution in [0.15, 0.2) is 59.8 Å². The maximum atomic E-state index is 12.2. The van der Waals surface area contributed by atoms with Crippen molar-refractivity contribution >= 4 is 17.3 Å². The van der Waals surface area contributed by atoms with Gasteiger partial charge in [0.15, 0.2) is 0 Å². The fourth-order valence-corrected chi connectivity index (χ4v) is 2.84. The van der Waals surface area contributed by atoms with Crippen LogP contribution in [-0.4, -0.2) is 18.8 Å². The normalized spacial score (nSPS) is 12.0. The predicted molar refractivity (Wildman–Crippen MR) is 114 cm³/mol. The molecule has 0 amide bonds. The highest BCUT2D eigenvalue weighted by Crippen LogP contribution is 2.22. The summed E-state index contributed by atoms with van der Waals surface area (Å²) in [7, 11) is 1.40. The Bertz CT molecular complexity index is 835. The number of esters is 1. The lowest BCUT2D eigenvalue weighted by Gasteiger charge is -2.11. The third-order valence-electron chi connectivity index (χ3n) is 4.55. The Morgan fingerprint density at radius 1 is 1.07 bits per heavy atom. The van der Waals surface area contributed by atoms with Crippen LogP contribution in [0.25, 0.3) is 5.57 Å². The largest absolute Gasteiger partial charge is 0.465 e. The number of rotatable bonds is 9. The van der Waals surface area contributed by atoms with E-state index in [2.05, 4.69) is 43.3 Å². The Hall–Kier alpha value is -2.88. The highest BCUT2D eigenvalue weighted by atomic mass is 16.6. The molecule has 4 heteroatoms. The zero-order chi connectivity index (χ0) is 20.4. The smallest absolute Gasteiger partial charge is 0.338 e. The average molecular weight is 380 g/mol. The van der Waals surface area contributed by atoms with E-state index >= 15 is 0 Å². The topological polar surface area (TPSA) is 47.9 Å². The molecular formula is C24H29NO3. The minimum Gasteiger partial charge on any atom is -0.465 e. The van der Waals surface area contributed by atoms with E-state index in [0.717, 1.165) is 41.7 Å². The van der Waals surface area contributed by atoms with Crippen LogP contribution in [0.1, 0.15) is 55.9 Å². The minimum atomic E-state index is -0.336. The third kappa shape index (κ3) is 5.81. The van der Waals surface area contributed by atoms with E-state index in [4.69, 9.17) is 9.57 Å². The van der Waals surface area contributed by atoms with Crippen LogP contribution in [0, 0.1) is 0 Å². The van der Waals surface area contributed by atoms with Gasteiger partial charge in [0.25, 0.3) is 0 Å². The second kappa shape index (κ2) is 11.1. The van der Waals surface area contributed by atoms with Crippen molar-refractivity contribution in [2.24, 2.45) is 5.16 Å². The van der Waals surface area contributed by atoms with E-state index in [1.54, 1.807) is 0 Å². The van der Waals surface area contributed by atoms with Gasteiger partial charge in [0.1, 0.15) is 6.61 Å². The van der Waals surface area contributed by atoms with E-state index in [-0.39, 0.29) is 12.6 Å². The Balaban J connectivity index is 2.17. The molecular weight excluding hydrogens is 350 g/mol. The first kappa shape index (κ1) is 21.4. The van der Waals surface area contributed by atoms with Crippen molar-refractivity contribution in [3.8, 4) is 0 Å². The van der Waals surface area contributed by atoms with Crippen molar-refractivity contribution in [2.45, 2.75) is 46.6 Å². The van der Waals surface area contributed by atoms with Gasteiger partial charge in [-0.3, -0.25) is 0 Å². The van der Waals surface area contributed by atoms with Crippen molar-refractivity contribution in [2.75, 3.05) is 7.11 Å². The highest BCUT2D eigenvalue weighted by Gasteiger charge is 2.15. The Morgan fingerprint density at radius 3 is 2.43 bits per heavy atom. The van der Waals surface area contributed by atoms with Crippen LogP contribution in [0.3, 0.4) is 0 Å². The Labute approximate surface area is 167 Å². The van der Waals surface area contributed by atoms with Crippen molar-refractivity contribution in [1.29, 1.82) is 0 Å². The number of carbonyl (C=O) groups excluding carboxylic acids is 1. The number of aryl methyl sites for hydroxylation is 1. The second-order valence-corrected chi connectivity index (χ2v) is 6.56. The zero-order valence-corrected chi connectivity index (χ0v) is 17.2. The van der Waals surface area contributed by atoms with E-state index < -0.39 is 0 Å². The highest BCUT2D eigenvalue weighted by molar-refractivity contribution is 6.16. The molecule has 2 rings (SSSR count). The molecule has 0 radical (unpaired) electrons. The first-order valence-electron chi connectivity index (χ1n) is 9.73. The molecule has 0 N–H and O–H groups in total. The SMILES string of the molecule is CCC/C=C(\C(=O)OC)c1ccccc1CO/N=C(\C)c1ccc(CC)cc1. The molecule has 0 unspecified atom stereocenters. The van der Waals surface area contributed by atoms with Crippen LogP contribution >= 0.6 is 0 Å². The van der Waals surface area contributed by atoms with Gasteiger partial charge in [0, 0.05) is 5.56 Å². The molecule has 0 aliphatic rings. The van der Waals surface area contributed by atoms with Gasteiger partial charge in [-0.25, -0.2) is 4.79 Å². The zero-order valence-electron chi connectivity index (χ0n) is 17.2. The molecule has 0 bridgehead atoms. The fourth-order valence-electron chi connectivity index (χ4n) is 2.84. The lowest BCUT2D eigenvalue weighted by molar-refractivity contribution is -0.133. The molecule has 0 saturated carbocycles. The van der Waals surface area contributed by atoms with E-state index in [0.29, 0.717) is 5.57 Å². The van der Waals surface area contributed by atoms with Crippen molar-refractivity contribution in [3.05, 3.63) is 76.9 Å². The summed E-state index contributed by atoms with van der Waals surface area (Å²) in [4.78, 5) is 17.8. The van der Waals surface area contributed by atoms with Gasteiger partial charge in [-0.2, -0.15) is 0 Å². The monoisotopic (exact) mass is 379 g/mol. The van der Waals surface area contributed by atoms with Gasteiger partial charge < -0.3 is 9.57 Å². The average Bonchev–Trinajstić information content (AvgIpc) is 2.74. The predicted octanol–water partition coefficient (Wildman–Crippen LogP) is 5.55. The molecule has 0 aromatic heterocycles. The first-order valence-corrected chi connectivity index (χ1v) is 9.73. The number of unbranched alkanes of at least 4 members (excludes halogenated alkanes) is 1. The molecule has 148 valence electrons. The third-order valence-corrected chi connectivity index (χ3v) is 4.55. The molecule has 0 atom stereocenters. The van der Waals surface area contributed by atoms with Crippen LogP contribution in [0.2, 0.25) is 0 Å². The van der Waals surface area contributed by atoms with Gasteiger partial charge in [0.05, 0.1) is 18.4 Å². The maximum absolute atomic E-state index is 12.2. The molecule has 0 aliphatic carbocycles. The van der Waals surface area contributed by atoms with Crippen molar-refractivity contribution in [3.63, 3.8) is 0 Å². The lowest BCUT2D eigenvalue weighted by atomic mass is 9.99. The molecule has 0 spiro atoms. The second-order valence-electron chi connectivity index (χ2n) is 6.56. The fraction of sp³-hybridized carbons (Fsp3) is 0.333. The number of nitrogens with zero attached hydrogens (tertiary/aromatic N) is 1. The van der Waals surface area contributed by atoms with E-state index in [1.165, 1.54) is 12.7 Å². The van der Waals surface area contributed by atoms with Crippen molar-refractivity contribution < 1.29 is 14.4 Å². The number of benzene rings is 2. The van der Waals surface area contributed by atoms with Gasteiger partial charge in [-0.15, -0.1) is 0 Å². The number of hydrogen-bond donors (Lipinski definition) is 0. The lowest BCUT2D eigenvalue weighted by Crippen LogP contribution is -2.07. The maximum Gasteiger partial charge on any atom is 0.338 e. The van der Waals surface area contributed by atoms with Crippen LogP contribution in [0.4, 0.5) is 0 Å². The molecule has 0 saturated heterocycles. The summed E-state index contributed by atoms with van der Waals surface area (Å²) in [5.41, 5.74) is 5.43. The van der Waals surface area contributed by atoms with Gasteiger partial charge in [-0.05, 0) is 36.5 Å². The van der Waals surface area contributed by atoms with Crippen molar-refractivity contribution in [1.82, 2.24) is 0 Å². The number of ether oxygens (including phenoxy) is 1. The standard InChI is InChI=1S/C24H29NO3/c1-5-7-11-23(24(26)27-4)22-12-9-8-10-21(22)17-28-25-18(3)20-15-13-19(6-2)14-16-20/h8-16H,5-7,17H2,1-4H3/b23-11-,25-18+. The Morgan fingerprint density at radius 2 is 1.79 bits per heavy atom. The first-order chi connectivity index (χ1) is 13.6. The number of oxime groups is 1. The summed E-state index contributed by atoms with van der Waals surface area (Å²) in [6, 6.07) is 16.0. The number of methoxy groups -OCH3 is 1. The summed E-state index contributed by atoms with van der Waals surface area (Å²) in [6.07, 6.45) is 4.70. The summed E-state index contributed by atoms with van der Waals surface area (Å²) in [5, 5.41) is 4.25. The van der Waals surface area contributed by atoms with Crippen LogP contribution < -0.4 is 0 Å². The summed E-state index contributed by atoms with van der Waals surface area (Å²) >= 11 is 0. The quantitative estimate of drug-likeness (QED) is 0.248. The molecule has 0 heterocycles. The van der Waals surface area contributed by atoms with Gasteiger partial charge in [-0.1, -0.05) is 80.0 Å². The van der Waals surface area contributed by atoms with Gasteiger partial charge >= 0.3 is 5.97 Å². The van der Waals surface area contributed by atoms with E-state index in [1.807, 2.05) is 37.3 Å². The summed E-state index contributed by atoms with van der Waals surface area (Å²) in [6.45, 7) is 6.41. The van der Waals surface area contributed by atoms with Crippen LogP contribution in [-0.2, 0) is 27.4 Å². The number of carbonyl (C=O) groups is 1. The number of hydrogen-bond acceptors (Lipinski definition) is 4. The molecule has 0 aliphatic heterocycles. The molecule has 28 heavy (non-hydrogen) atoms. The Kier molecular flexibility index (Phi) is 8.47. The molecule has 4 nitrogen and oxygen atoms in total. The summed E-state index contributed by atoms with van der Waals surface area (Å²) < 4.78 is 4.96. The molecule has 2 aromatic carbocycles. The molecule has 2 aromatic rings. The molecule has 0 fully saturated rings. The van der Waals surface area contributed by atoms with E-state index in [9.17, 15) is 4.79 Å². The van der Waals surface area contributed by atoms with Crippen LogP contribution in [0.5, 0.6) is 0 Å². The van der Waals surface area contributed by atoms with Gasteiger partial charge in [0.2, 0.25) is 0 Å². The summed E-state index contributed by atoms with van der Waals surface area (Å²) in [5.74, 6) is -0.336. The minimum absolute atomic E-state index is 0.279. The number of allylic oxidation sites excluding steroid dienone is 1.